The lowest BCUT2D eigenvalue weighted by atomic mass is 10.0. The van der Waals surface area contributed by atoms with Crippen molar-refractivity contribution in [2.45, 2.75) is 38.6 Å². The molecule has 1 atom stereocenters. The molecule has 3 amide bonds. The summed E-state index contributed by atoms with van der Waals surface area (Å²) in [5.41, 5.74) is 3.64. The number of piperazine rings is 1. The van der Waals surface area contributed by atoms with Crippen molar-refractivity contribution in [2.24, 2.45) is 0 Å². The Hall–Kier alpha value is -2.17. The molecule has 0 bridgehead atoms. The number of rotatable bonds is 2. The standard InChI is InChI=1S/C16H18N2O3/c1-10-16(21)17-14(19)9-18(10)15(20)8-11-5-6-12-3-2-4-13(12)7-11/h5-7,10H,2-4,8-9H2,1H3,(H,17,19,21). The zero-order valence-corrected chi connectivity index (χ0v) is 12.0. The summed E-state index contributed by atoms with van der Waals surface area (Å²) in [7, 11) is 0. The molecule has 1 aromatic carbocycles. The van der Waals surface area contributed by atoms with E-state index in [2.05, 4.69) is 17.4 Å². The Bertz CT molecular complexity index is 624. The second-order valence-electron chi connectivity index (χ2n) is 5.74. The molecule has 1 unspecified atom stereocenters. The lowest BCUT2D eigenvalue weighted by Crippen LogP contribution is -2.58. The maximum absolute atomic E-state index is 12.4. The lowest BCUT2D eigenvalue weighted by Gasteiger charge is -2.31. The van der Waals surface area contributed by atoms with Crippen LogP contribution in [-0.2, 0) is 33.6 Å². The molecule has 2 aliphatic rings. The summed E-state index contributed by atoms with van der Waals surface area (Å²) in [4.78, 5) is 36.7. The number of hydrogen-bond acceptors (Lipinski definition) is 3. The Labute approximate surface area is 123 Å². The van der Waals surface area contributed by atoms with E-state index in [1.165, 1.54) is 22.4 Å². The van der Waals surface area contributed by atoms with E-state index in [-0.39, 0.29) is 18.9 Å². The molecule has 5 nitrogen and oxygen atoms in total. The largest absolute Gasteiger partial charge is 0.321 e. The third kappa shape index (κ3) is 2.68. The van der Waals surface area contributed by atoms with Gasteiger partial charge < -0.3 is 4.90 Å². The smallest absolute Gasteiger partial charge is 0.249 e. The summed E-state index contributed by atoms with van der Waals surface area (Å²) in [6, 6.07) is 5.54. The number of imide groups is 1. The highest BCUT2D eigenvalue weighted by atomic mass is 16.2. The normalized spacial score (nSPS) is 21.2. The van der Waals surface area contributed by atoms with Gasteiger partial charge in [0.2, 0.25) is 17.7 Å². The Kier molecular flexibility index (Phi) is 3.49. The molecule has 1 aromatic rings. The Morgan fingerprint density at radius 3 is 2.86 bits per heavy atom. The molecule has 3 rings (SSSR count). The number of carbonyl (C=O) groups is 3. The maximum atomic E-state index is 12.4. The van der Waals surface area contributed by atoms with E-state index in [9.17, 15) is 14.4 Å². The maximum Gasteiger partial charge on any atom is 0.249 e. The average molecular weight is 286 g/mol. The molecule has 5 heteroatoms. The van der Waals surface area contributed by atoms with Crippen molar-refractivity contribution in [3.8, 4) is 0 Å². The van der Waals surface area contributed by atoms with Gasteiger partial charge in [-0.1, -0.05) is 18.2 Å². The first-order valence-corrected chi connectivity index (χ1v) is 7.28. The van der Waals surface area contributed by atoms with Crippen molar-refractivity contribution in [1.29, 1.82) is 0 Å². The monoisotopic (exact) mass is 286 g/mol. The molecule has 1 N–H and O–H groups in total. The van der Waals surface area contributed by atoms with Crippen LogP contribution in [-0.4, -0.2) is 35.2 Å². The number of fused-ring (bicyclic) bond motifs is 1. The van der Waals surface area contributed by atoms with E-state index in [1.807, 2.05) is 6.07 Å². The van der Waals surface area contributed by atoms with Crippen molar-refractivity contribution in [3.05, 3.63) is 34.9 Å². The molecule has 0 aromatic heterocycles. The molecule has 1 aliphatic carbocycles. The van der Waals surface area contributed by atoms with Crippen LogP contribution in [0.4, 0.5) is 0 Å². The van der Waals surface area contributed by atoms with Gasteiger partial charge >= 0.3 is 0 Å². The summed E-state index contributed by atoms with van der Waals surface area (Å²) in [6.45, 7) is 1.60. The predicted molar refractivity (Wildman–Crippen MR) is 76.5 cm³/mol. The highest BCUT2D eigenvalue weighted by molar-refractivity contribution is 6.04. The first kappa shape index (κ1) is 13.8. The second-order valence-corrected chi connectivity index (χ2v) is 5.74. The van der Waals surface area contributed by atoms with E-state index in [4.69, 9.17) is 0 Å². The van der Waals surface area contributed by atoms with Gasteiger partial charge in [0.15, 0.2) is 0 Å². The summed E-state index contributed by atoms with van der Waals surface area (Å²) >= 11 is 0. The molecule has 21 heavy (non-hydrogen) atoms. The number of nitrogens with zero attached hydrogens (tertiary/aromatic N) is 1. The van der Waals surface area contributed by atoms with E-state index in [0.717, 1.165) is 18.4 Å². The van der Waals surface area contributed by atoms with Gasteiger partial charge in [-0.25, -0.2) is 0 Å². The number of benzene rings is 1. The van der Waals surface area contributed by atoms with Crippen LogP contribution in [0.1, 0.15) is 30.0 Å². The molecular formula is C16H18N2O3. The van der Waals surface area contributed by atoms with Gasteiger partial charge in [-0.05, 0) is 42.9 Å². The van der Waals surface area contributed by atoms with Crippen molar-refractivity contribution < 1.29 is 14.4 Å². The molecule has 1 fully saturated rings. The fourth-order valence-electron chi connectivity index (χ4n) is 3.03. The molecule has 0 spiro atoms. The lowest BCUT2D eigenvalue weighted by molar-refractivity contribution is -0.149. The summed E-state index contributed by atoms with van der Waals surface area (Å²) in [5, 5.41) is 2.24. The zero-order chi connectivity index (χ0) is 15.0. The molecule has 0 radical (unpaired) electrons. The van der Waals surface area contributed by atoms with Crippen LogP contribution in [0.15, 0.2) is 18.2 Å². The average Bonchev–Trinajstić information content (AvgIpc) is 2.90. The molecule has 1 aliphatic heterocycles. The molecular weight excluding hydrogens is 268 g/mol. The Morgan fingerprint density at radius 2 is 2.05 bits per heavy atom. The Morgan fingerprint density at radius 1 is 1.29 bits per heavy atom. The third-order valence-electron chi connectivity index (χ3n) is 4.26. The van der Waals surface area contributed by atoms with E-state index >= 15 is 0 Å². The van der Waals surface area contributed by atoms with Crippen LogP contribution in [0.25, 0.3) is 0 Å². The zero-order valence-electron chi connectivity index (χ0n) is 12.0. The highest BCUT2D eigenvalue weighted by Crippen LogP contribution is 2.23. The predicted octanol–water partition coefficient (Wildman–Crippen LogP) is 0.591. The number of aryl methyl sites for hydroxylation is 2. The van der Waals surface area contributed by atoms with Crippen LogP contribution in [0.2, 0.25) is 0 Å². The molecule has 1 heterocycles. The van der Waals surface area contributed by atoms with Crippen molar-refractivity contribution in [3.63, 3.8) is 0 Å². The molecule has 0 saturated carbocycles. The summed E-state index contributed by atoms with van der Waals surface area (Å²) in [5.74, 6) is -1.00. The topological polar surface area (TPSA) is 66.5 Å². The number of amides is 3. The van der Waals surface area contributed by atoms with Gasteiger partial charge in [-0.2, -0.15) is 0 Å². The van der Waals surface area contributed by atoms with E-state index in [0.29, 0.717) is 0 Å². The van der Waals surface area contributed by atoms with Gasteiger partial charge in [0, 0.05) is 0 Å². The number of nitrogens with one attached hydrogen (secondary N) is 1. The quantitative estimate of drug-likeness (QED) is 0.809. The van der Waals surface area contributed by atoms with Crippen LogP contribution in [0, 0.1) is 0 Å². The molecule has 1 saturated heterocycles. The minimum Gasteiger partial charge on any atom is -0.321 e. The number of hydrogen-bond donors (Lipinski definition) is 1. The minimum atomic E-state index is -0.593. The first-order chi connectivity index (χ1) is 10.0. The minimum absolute atomic E-state index is 0.0450. The van der Waals surface area contributed by atoms with Crippen molar-refractivity contribution >= 4 is 17.7 Å². The fourth-order valence-corrected chi connectivity index (χ4v) is 3.03. The number of carbonyl (C=O) groups excluding carboxylic acids is 3. The van der Waals surface area contributed by atoms with Crippen molar-refractivity contribution in [1.82, 2.24) is 10.2 Å². The SMILES string of the molecule is CC1C(=O)NC(=O)CN1C(=O)Cc1ccc2c(c1)CCC2. The van der Waals surface area contributed by atoms with Crippen LogP contribution in [0.3, 0.4) is 0 Å². The highest BCUT2D eigenvalue weighted by Gasteiger charge is 2.33. The van der Waals surface area contributed by atoms with E-state index in [1.54, 1.807) is 6.92 Å². The van der Waals surface area contributed by atoms with Gasteiger partial charge in [0.05, 0.1) is 6.42 Å². The fraction of sp³-hybridized carbons (Fsp3) is 0.438. The first-order valence-electron chi connectivity index (χ1n) is 7.28. The summed E-state index contributed by atoms with van der Waals surface area (Å²) < 4.78 is 0. The second kappa shape index (κ2) is 5.31. The van der Waals surface area contributed by atoms with Crippen LogP contribution >= 0.6 is 0 Å². The molecule has 110 valence electrons. The Balaban J connectivity index is 1.73. The van der Waals surface area contributed by atoms with Crippen molar-refractivity contribution in [2.75, 3.05) is 6.54 Å². The van der Waals surface area contributed by atoms with Crippen LogP contribution < -0.4 is 5.32 Å². The van der Waals surface area contributed by atoms with Gasteiger partial charge in [0.25, 0.3) is 0 Å². The van der Waals surface area contributed by atoms with Gasteiger partial charge in [-0.15, -0.1) is 0 Å². The van der Waals surface area contributed by atoms with Gasteiger partial charge in [0.1, 0.15) is 12.6 Å². The van der Waals surface area contributed by atoms with Crippen LogP contribution in [0.5, 0.6) is 0 Å². The third-order valence-corrected chi connectivity index (χ3v) is 4.26. The van der Waals surface area contributed by atoms with Gasteiger partial charge in [-0.3, -0.25) is 19.7 Å². The summed E-state index contributed by atoms with van der Waals surface area (Å²) in [6.07, 6.45) is 3.59. The van der Waals surface area contributed by atoms with E-state index < -0.39 is 17.9 Å².